The van der Waals surface area contributed by atoms with E-state index in [0.29, 0.717) is 0 Å². The first-order chi connectivity index (χ1) is 16.8. The molecule has 0 amide bonds. The monoisotopic (exact) mass is 528 g/mol. The summed E-state index contributed by atoms with van der Waals surface area (Å²) in [5.41, 5.74) is 0. The summed E-state index contributed by atoms with van der Waals surface area (Å²) in [7, 11) is -4.43. The molecule has 4 rings (SSSR count). The summed E-state index contributed by atoms with van der Waals surface area (Å²) >= 11 is 0. The van der Waals surface area contributed by atoms with Crippen LogP contribution in [0.15, 0.2) is 121 Å². The summed E-state index contributed by atoms with van der Waals surface area (Å²) < 4.78 is 5.83. The van der Waals surface area contributed by atoms with Crippen molar-refractivity contribution in [2.45, 2.75) is 26.2 Å². The molecule has 180 valence electrons. The third-order valence-corrected chi connectivity index (χ3v) is 23.2. The third-order valence-electron chi connectivity index (χ3n) is 5.97. The van der Waals surface area contributed by atoms with Crippen LogP contribution in [0.2, 0.25) is 26.2 Å². The molecule has 0 saturated heterocycles. The highest BCUT2D eigenvalue weighted by atomic mass is 31.1. The van der Waals surface area contributed by atoms with Crippen molar-refractivity contribution in [1.29, 1.82) is 0 Å². The molecule has 0 bridgehead atoms. The van der Waals surface area contributed by atoms with Crippen molar-refractivity contribution in [2.75, 3.05) is 11.6 Å². The van der Waals surface area contributed by atoms with E-state index in [0.717, 1.165) is 0 Å². The smallest absolute Gasteiger partial charge is 0.0199 e. The Kier molecular flexibility index (Phi) is 8.92. The van der Waals surface area contributed by atoms with Crippen LogP contribution < -0.4 is 21.2 Å². The summed E-state index contributed by atoms with van der Waals surface area (Å²) in [5, 5.41) is 5.89. The topological polar surface area (TPSA) is 14.1 Å². The maximum Gasteiger partial charge on any atom is -0.0199 e. The predicted octanol–water partition coefficient (Wildman–Crippen LogP) is 7.11. The van der Waals surface area contributed by atoms with Gasteiger partial charge in [-0.25, -0.2) is 0 Å². The van der Waals surface area contributed by atoms with Gasteiger partial charge >= 0.3 is 0 Å². The molecule has 0 aliphatic heterocycles. The lowest BCUT2D eigenvalue weighted by molar-refractivity contribution is 1.61. The second-order valence-corrected chi connectivity index (χ2v) is 24.7. The minimum absolute atomic E-state index is 0.404. The second kappa shape index (κ2) is 11.9. The van der Waals surface area contributed by atoms with Crippen LogP contribution in [-0.2, 0) is 0 Å². The first-order valence-electron chi connectivity index (χ1n) is 12.3. The van der Waals surface area contributed by atoms with E-state index in [1.54, 1.807) is 0 Å². The first kappa shape index (κ1) is 26.2. The molecule has 0 N–H and O–H groups in total. The molecule has 0 saturated carbocycles. The molecule has 4 aromatic rings. The van der Waals surface area contributed by atoms with Crippen LogP contribution in [0.4, 0.5) is 0 Å². The summed E-state index contributed by atoms with van der Waals surface area (Å²) in [6.45, 7) is 9.99. The van der Waals surface area contributed by atoms with Crippen LogP contribution in [0, 0.1) is 0 Å². The highest BCUT2D eigenvalue weighted by Gasteiger charge is 2.26. The number of hydrogen-bond acceptors (Lipinski definition) is 0. The van der Waals surface area contributed by atoms with Gasteiger partial charge in [-0.2, -0.15) is 0 Å². The third kappa shape index (κ3) is 7.56. The van der Waals surface area contributed by atoms with Gasteiger partial charge in [-0.1, -0.05) is 164 Å². The quantitative estimate of drug-likeness (QED) is 0.154. The van der Waals surface area contributed by atoms with Crippen molar-refractivity contribution in [1.82, 2.24) is 0 Å². The van der Waals surface area contributed by atoms with Gasteiger partial charge in [0.1, 0.15) is 0 Å². The maximum atomic E-state index is 5.83. The molecule has 5 heteroatoms. The molecule has 4 aromatic carbocycles. The van der Waals surface area contributed by atoms with E-state index in [2.05, 4.69) is 148 Å². The summed E-state index contributed by atoms with van der Waals surface area (Å²) in [4.78, 5) is 0. The van der Waals surface area contributed by atoms with Crippen molar-refractivity contribution in [3.8, 4) is 0 Å². The highest BCUT2D eigenvalue weighted by molar-refractivity contribution is 7.76. The Hall–Kier alpha value is -1.87. The minimum atomic E-state index is -1.81. The van der Waals surface area contributed by atoms with Crippen LogP contribution in [0.1, 0.15) is 0 Å². The number of hydrogen-bond donors (Lipinski definition) is 0. The van der Waals surface area contributed by atoms with Gasteiger partial charge in [0.25, 0.3) is 0 Å². The van der Waals surface area contributed by atoms with Crippen LogP contribution in [0.5, 0.6) is 0 Å². The fraction of sp³-hybridized carbons (Fsp3) is 0.200. The molecular weight excluding hydrogens is 492 g/mol. The van der Waals surface area contributed by atoms with E-state index >= 15 is 0 Å². The Morgan fingerprint density at radius 3 is 0.886 bits per heavy atom. The van der Waals surface area contributed by atoms with Crippen LogP contribution in [0.3, 0.4) is 0 Å². The maximum absolute atomic E-state index is 5.83. The highest BCUT2D eigenvalue weighted by Crippen LogP contribution is 2.43. The average molecular weight is 529 g/mol. The van der Waals surface area contributed by atoms with Crippen LogP contribution >= 0.6 is 15.8 Å². The molecule has 0 aliphatic rings. The van der Waals surface area contributed by atoms with Gasteiger partial charge in [-0.05, 0) is 48.6 Å². The largest absolute Gasteiger partial charge is 0.667 e. The van der Waals surface area contributed by atoms with E-state index < -0.39 is 32.3 Å². The van der Waals surface area contributed by atoms with Gasteiger partial charge in [-0.15, -0.1) is 0 Å². The van der Waals surface area contributed by atoms with E-state index in [9.17, 15) is 0 Å². The van der Waals surface area contributed by atoms with E-state index in [1.165, 1.54) is 32.8 Å². The molecule has 0 heterocycles. The molecule has 35 heavy (non-hydrogen) atoms. The second-order valence-electron chi connectivity index (χ2n) is 10.3. The SMILES string of the molecule is C[Si](C)(CP(c1ccccc1)c1ccccc1)[N-][Si](C)(C)CP(c1ccccc1)c1ccccc1. The van der Waals surface area contributed by atoms with E-state index in [4.69, 9.17) is 4.65 Å². The first-order valence-corrected chi connectivity index (χ1v) is 21.7. The van der Waals surface area contributed by atoms with Crippen molar-refractivity contribution >= 4 is 53.5 Å². The Morgan fingerprint density at radius 1 is 0.429 bits per heavy atom. The van der Waals surface area contributed by atoms with Gasteiger partial charge in [0.2, 0.25) is 0 Å². The summed E-state index contributed by atoms with van der Waals surface area (Å²) in [5.74, 6) is 2.42. The fourth-order valence-corrected chi connectivity index (χ4v) is 25.0. The lowest BCUT2D eigenvalue weighted by Gasteiger charge is -2.52. The minimum Gasteiger partial charge on any atom is -0.667 e. The predicted molar refractivity (Wildman–Crippen MR) is 166 cm³/mol. The standard InChI is InChI=1S/C30H36NP2Si2/c1-34(2,25-32(27-17-9-5-10-18-27)28-19-11-6-12-20-28)31-35(3,4)26-33(29-21-13-7-14-22-29)30-23-15-8-16-24-30/h5-24H,25-26H2,1-4H3/q-1. The van der Waals surface area contributed by atoms with Gasteiger partial charge < -0.3 is 4.65 Å². The van der Waals surface area contributed by atoms with E-state index in [-0.39, 0.29) is 0 Å². The Labute approximate surface area is 216 Å². The van der Waals surface area contributed by atoms with Gasteiger partial charge in [0, 0.05) is 0 Å². The van der Waals surface area contributed by atoms with Gasteiger partial charge in [0.05, 0.1) is 0 Å². The zero-order chi connectivity index (χ0) is 24.7. The average Bonchev–Trinajstić information content (AvgIpc) is 2.87. The van der Waals surface area contributed by atoms with E-state index in [1.807, 2.05) is 0 Å². The van der Waals surface area contributed by atoms with Gasteiger partial charge in [-0.3, -0.25) is 0 Å². The summed E-state index contributed by atoms with van der Waals surface area (Å²) in [6, 6.07) is 44.5. The number of rotatable bonds is 10. The molecule has 0 spiro atoms. The zero-order valence-corrected chi connectivity index (χ0v) is 25.1. The van der Waals surface area contributed by atoms with Crippen LogP contribution in [0.25, 0.3) is 4.65 Å². The lowest BCUT2D eigenvalue weighted by Crippen LogP contribution is -2.45. The fourth-order valence-electron chi connectivity index (χ4n) is 4.76. The van der Waals surface area contributed by atoms with Gasteiger partial charge in [0.15, 0.2) is 0 Å². The Morgan fingerprint density at radius 2 is 0.657 bits per heavy atom. The van der Waals surface area contributed by atoms with Crippen LogP contribution in [-0.4, -0.2) is 28.0 Å². The van der Waals surface area contributed by atoms with Crippen molar-refractivity contribution in [3.05, 3.63) is 126 Å². The van der Waals surface area contributed by atoms with Crippen molar-refractivity contribution in [3.63, 3.8) is 0 Å². The van der Waals surface area contributed by atoms with Crippen molar-refractivity contribution < 1.29 is 0 Å². The molecule has 0 atom stereocenters. The molecular formula is C30H36NP2Si2-. The Bertz CT molecular complexity index is 996. The normalized spacial score (nSPS) is 12.3. The van der Waals surface area contributed by atoms with Crippen molar-refractivity contribution in [2.24, 2.45) is 0 Å². The molecule has 0 radical (unpaired) electrons. The lowest BCUT2D eigenvalue weighted by atomic mass is 10.4. The number of nitrogens with zero attached hydrogens (tertiary/aromatic N) is 1. The molecule has 1 nitrogen and oxygen atoms in total. The number of benzene rings is 4. The summed E-state index contributed by atoms with van der Waals surface area (Å²) in [6.07, 6.45) is 0. The molecule has 0 aliphatic carbocycles. The zero-order valence-electron chi connectivity index (χ0n) is 21.3. The molecule has 0 aromatic heterocycles. The molecule has 0 unspecified atom stereocenters. The molecule has 0 fully saturated rings. The Balaban J connectivity index is 1.57.